The summed E-state index contributed by atoms with van der Waals surface area (Å²) >= 11 is 6.33. The molecule has 6 nitrogen and oxygen atoms in total. The van der Waals surface area contributed by atoms with Crippen LogP contribution in [-0.4, -0.2) is 22.5 Å². The van der Waals surface area contributed by atoms with Gasteiger partial charge in [-0.15, -0.1) is 0 Å². The van der Waals surface area contributed by atoms with Crippen LogP contribution in [0.5, 0.6) is 5.75 Å². The highest BCUT2D eigenvalue weighted by molar-refractivity contribution is 6.33. The predicted molar refractivity (Wildman–Crippen MR) is 117 cm³/mol. The van der Waals surface area contributed by atoms with Crippen LogP contribution >= 0.6 is 11.6 Å². The number of rotatable bonds is 7. The van der Waals surface area contributed by atoms with E-state index in [9.17, 15) is 4.79 Å². The Morgan fingerprint density at radius 3 is 2.77 bits per heavy atom. The van der Waals surface area contributed by atoms with Crippen molar-refractivity contribution >= 4 is 34.4 Å². The van der Waals surface area contributed by atoms with Gasteiger partial charge in [-0.05, 0) is 61.0 Å². The summed E-state index contributed by atoms with van der Waals surface area (Å²) in [6.45, 7) is 2.78. The number of unbranched alkanes of at least 4 members (excludes halogenated alkanes) is 1. The van der Waals surface area contributed by atoms with Crippen molar-refractivity contribution in [2.45, 2.75) is 19.8 Å². The number of carbonyl (C=O) groups is 1. The number of amides is 1. The lowest BCUT2D eigenvalue weighted by Crippen LogP contribution is -2.11. The van der Waals surface area contributed by atoms with Gasteiger partial charge in [0.2, 0.25) is 5.89 Å². The first kappa shape index (κ1) is 19.9. The second kappa shape index (κ2) is 8.97. The van der Waals surface area contributed by atoms with Crippen LogP contribution in [0, 0.1) is 0 Å². The SMILES string of the molecule is CCCCOc1ccc(C(=O)Nc2ccc(Cl)c(-c3nc4ncccc4o3)c2)cc1. The predicted octanol–water partition coefficient (Wildman–Crippen LogP) is 5.97. The number of fused-ring (bicyclic) bond motifs is 1. The zero-order valence-electron chi connectivity index (χ0n) is 16.4. The van der Waals surface area contributed by atoms with Crippen molar-refractivity contribution in [3.63, 3.8) is 0 Å². The quantitative estimate of drug-likeness (QED) is 0.372. The van der Waals surface area contributed by atoms with Crippen LogP contribution in [0.15, 0.2) is 65.2 Å². The number of oxazole rings is 1. The van der Waals surface area contributed by atoms with E-state index in [4.69, 9.17) is 20.8 Å². The van der Waals surface area contributed by atoms with Crippen LogP contribution < -0.4 is 10.1 Å². The molecule has 0 radical (unpaired) electrons. The molecule has 152 valence electrons. The van der Waals surface area contributed by atoms with Gasteiger partial charge < -0.3 is 14.5 Å². The van der Waals surface area contributed by atoms with Gasteiger partial charge in [-0.25, -0.2) is 4.98 Å². The monoisotopic (exact) mass is 421 g/mol. The number of benzene rings is 2. The summed E-state index contributed by atoms with van der Waals surface area (Å²) in [4.78, 5) is 21.2. The summed E-state index contributed by atoms with van der Waals surface area (Å²) in [5, 5.41) is 3.34. The molecule has 0 spiro atoms. The first-order valence-electron chi connectivity index (χ1n) is 9.70. The molecule has 4 aromatic rings. The van der Waals surface area contributed by atoms with Crippen molar-refractivity contribution in [3.8, 4) is 17.2 Å². The molecule has 2 heterocycles. The summed E-state index contributed by atoms with van der Waals surface area (Å²) < 4.78 is 11.4. The Labute approximate surface area is 178 Å². The van der Waals surface area contributed by atoms with E-state index in [0.717, 1.165) is 18.6 Å². The molecule has 1 amide bonds. The van der Waals surface area contributed by atoms with Crippen LogP contribution in [0.25, 0.3) is 22.7 Å². The molecule has 0 fully saturated rings. The zero-order valence-corrected chi connectivity index (χ0v) is 17.1. The first-order valence-corrected chi connectivity index (χ1v) is 10.1. The minimum absolute atomic E-state index is 0.234. The number of halogens is 1. The van der Waals surface area contributed by atoms with Crippen LogP contribution in [0.1, 0.15) is 30.1 Å². The molecule has 0 saturated heterocycles. The largest absolute Gasteiger partial charge is 0.494 e. The van der Waals surface area contributed by atoms with Gasteiger partial charge in [0.05, 0.1) is 17.2 Å². The van der Waals surface area contributed by atoms with Crippen molar-refractivity contribution in [2.24, 2.45) is 0 Å². The van der Waals surface area contributed by atoms with E-state index in [1.165, 1.54) is 0 Å². The summed E-state index contributed by atoms with van der Waals surface area (Å²) in [5.74, 6) is 0.861. The van der Waals surface area contributed by atoms with E-state index in [1.807, 2.05) is 0 Å². The van der Waals surface area contributed by atoms with E-state index < -0.39 is 0 Å². The Morgan fingerprint density at radius 1 is 1.17 bits per heavy atom. The molecule has 0 aliphatic carbocycles. The van der Waals surface area contributed by atoms with Gasteiger partial charge in [0, 0.05) is 17.4 Å². The molecule has 4 rings (SSSR count). The number of hydrogen-bond donors (Lipinski definition) is 1. The van der Waals surface area contributed by atoms with E-state index in [0.29, 0.717) is 45.6 Å². The maximum absolute atomic E-state index is 12.6. The lowest BCUT2D eigenvalue weighted by atomic mass is 10.1. The molecule has 0 atom stereocenters. The molecule has 2 aromatic heterocycles. The number of hydrogen-bond acceptors (Lipinski definition) is 5. The van der Waals surface area contributed by atoms with Crippen molar-refractivity contribution < 1.29 is 13.9 Å². The van der Waals surface area contributed by atoms with E-state index >= 15 is 0 Å². The molecule has 1 N–H and O–H groups in total. The molecule has 0 saturated carbocycles. The Bertz CT molecular complexity index is 1140. The van der Waals surface area contributed by atoms with Gasteiger partial charge in [-0.3, -0.25) is 4.79 Å². The molecular weight excluding hydrogens is 402 g/mol. The summed E-state index contributed by atoms with van der Waals surface area (Å²) in [7, 11) is 0. The van der Waals surface area contributed by atoms with Crippen LogP contribution in [0.3, 0.4) is 0 Å². The van der Waals surface area contributed by atoms with Crippen LogP contribution in [-0.2, 0) is 0 Å². The molecule has 0 aliphatic heterocycles. The summed E-state index contributed by atoms with van der Waals surface area (Å²) in [5.41, 5.74) is 2.75. The fourth-order valence-corrected chi connectivity index (χ4v) is 3.09. The van der Waals surface area contributed by atoms with Gasteiger partial charge in [-0.1, -0.05) is 24.9 Å². The molecule has 30 heavy (non-hydrogen) atoms. The number of nitrogens with zero attached hydrogens (tertiary/aromatic N) is 2. The van der Waals surface area contributed by atoms with Crippen LogP contribution in [0.4, 0.5) is 5.69 Å². The molecule has 0 bridgehead atoms. The number of nitrogens with one attached hydrogen (secondary N) is 1. The smallest absolute Gasteiger partial charge is 0.255 e. The van der Waals surface area contributed by atoms with Crippen molar-refractivity contribution in [3.05, 3.63) is 71.4 Å². The highest BCUT2D eigenvalue weighted by Gasteiger charge is 2.14. The molecule has 2 aromatic carbocycles. The van der Waals surface area contributed by atoms with Crippen molar-refractivity contribution in [2.75, 3.05) is 11.9 Å². The van der Waals surface area contributed by atoms with Crippen molar-refractivity contribution in [1.29, 1.82) is 0 Å². The van der Waals surface area contributed by atoms with Crippen LogP contribution in [0.2, 0.25) is 5.02 Å². The van der Waals surface area contributed by atoms with E-state index in [1.54, 1.807) is 60.8 Å². The first-order chi connectivity index (χ1) is 14.6. The summed E-state index contributed by atoms with van der Waals surface area (Å²) in [6.07, 6.45) is 3.72. The number of pyridine rings is 1. The number of anilines is 1. The third-order valence-electron chi connectivity index (χ3n) is 4.50. The third kappa shape index (κ3) is 4.44. The lowest BCUT2D eigenvalue weighted by molar-refractivity contribution is 0.102. The fraction of sp³-hybridized carbons (Fsp3) is 0.174. The fourth-order valence-electron chi connectivity index (χ4n) is 2.89. The average molecular weight is 422 g/mol. The van der Waals surface area contributed by atoms with Gasteiger partial charge in [0.1, 0.15) is 5.75 Å². The highest BCUT2D eigenvalue weighted by Crippen LogP contribution is 2.32. The highest BCUT2D eigenvalue weighted by atomic mass is 35.5. The maximum Gasteiger partial charge on any atom is 0.255 e. The molecule has 0 unspecified atom stereocenters. The standard InChI is InChI=1S/C23H20ClN3O3/c1-2-3-13-29-17-9-6-15(7-10-17)22(28)26-16-8-11-19(24)18(14-16)23-27-21-20(30-23)5-4-12-25-21/h4-12,14H,2-3,13H2,1H3,(H,26,28). The van der Waals surface area contributed by atoms with E-state index in [2.05, 4.69) is 22.2 Å². The van der Waals surface area contributed by atoms with E-state index in [-0.39, 0.29) is 5.91 Å². The Kier molecular flexibility index (Phi) is 5.95. The minimum atomic E-state index is -0.234. The number of aromatic nitrogens is 2. The number of carbonyl (C=O) groups excluding carboxylic acids is 1. The zero-order chi connectivity index (χ0) is 20.9. The second-order valence-corrected chi connectivity index (χ2v) is 7.13. The third-order valence-corrected chi connectivity index (χ3v) is 4.83. The second-order valence-electron chi connectivity index (χ2n) is 6.72. The van der Waals surface area contributed by atoms with Gasteiger partial charge >= 0.3 is 0 Å². The minimum Gasteiger partial charge on any atom is -0.494 e. The Morgan fingerprint density at radius 2 is 2.00 bits per heavy atom. The Balaban J connectivity index is 1.51. The Hall–Kier alpha value is -3.38. The topological polar surface area (TPSA) is 77.2 Å². The lowest BCUT2D eigenvalue weighted by Gasteiger charge is -2.09. The summed E-state index contributed by atoms with van der Waals surface area (Å²) in [6, 6.07) is 15.8. The van der Waals surface area contributed by atoms with Gasteiger partial charge in [0.25, 0.3) is 5.91 Å². The van der Waals surface area contributed by atoms with Crippen molar-refractivity contribution in [1.82, 2.24) is 9.97 Å². The molecule has 0 aliphatic rings. The molecule has 7 heteroatoms. The number of ether oxygens (including phenoxy) is 1. The maximum atomic E-state index is 12.6. The molecular formula is C23H20ClN3O3. The van der Waals surface area contributed by atoms with Gasteiger partial charge in [0.15, 0.2) is 11.2 Å². The normalized spacial score (nSPS) is 10.9. The average Bonchev–Trinajstić information content (AvgIpc) is 3.20. The van der Waals surface area contributed by atoms with Gasteiger partial charge in [-0.2, -0.15) is 4.98 Å².